The summed E-state index contributed by atoms with van der Waals surface area (Å²) < 4.78 is 1.11. The van der Waals surface area contributed by atoms with E-state index < -0.39 is 0 Å². The number of hydrogen-bond acceptors (Lipinski definition) is 3. The molecule has 3 saturated heterocycles. The first kappa shape index (κ1) is 19.0. The number of nitrogens with zero attached hydrogens (tertiary/aromatic N) is 1. The monoisotopic (exact) mass is 398 g/mol. The highest BCUT2D eigenvalue weighted by molar-refractivity contribution is 7.21. The van der Waals surface area contributed by atoms with Crippen LogP contribution in [0.15, 0.2) is 18.2 Å². The van der Waals surface area contributed by atoms with Crippen molar-refractivity contribution in [2.45, 2.75) is 45.2 Å². The molecule has 6 heteroatoms. The Balaban J connectivity index is 0.00000182. The molecule has 1 amide bonds. The van der Waals surface area contributed by atoms with E-state index >= 15 is 0 Å². The third-order valence-corrected chi connectivity index (χ3v) is 7.65. The average Bonchev–Trinajstić information content (AvgIpc) is 3.00. The van der Waals surface area contributed by atoms with Crippen molar-refractivity contribution < 1.29 is 4.79 Å². The third-order valence-electron chi connectivity index (χ3n) is 5.97. The van der Waals surface area contributed by atoms with Crippen LogP contribution in [0.25, 0.3) is 10.1 Å². The van der Waals surface area contributed by atoms with Gasteiger partial charge in [0, 0.05) is 21.3 Å². The Hall–Kier alpha value is -0.810. The number of carbonyl (C=O) groups is 1. The molecule has 2 bridgehead atoms. The van der Waals surface area contributed by atoms with Crippen LogP contribution < -0.4 is 5.32 Å². The Kier molecular flexibility index (Phi) is 5.11. The molecule has 1 N–H and O–H groups in total. The first-order valence-electron chi connectivity index (χ1n) is 8.62. The maximum absolute atomic E-state index is 12.9. The van der Waals surface area contributed by atoms with Gasteiger partial charge in [0.2, 0.25) is 0 Å². The van der Waals surface area contributed by atoms with Gasteiger partial charge in [-0.2, -0.15) is 0 Å². The van der Waals surface area contributed by atoms with Gasteiger partial charge >= 0.3 is 0 Å². The van der Waals surface area contributed by atoms with Crippen molar-refractivity contribution in [2.75, 3.05) is 13.1 Å². The van der Waals surface area contributed by atoms with Gasteiger partial charge in [0.05, 0.1) is 4.88 Å². The maximum Gasteiger partial charge on any atom is 0.261 e. The highest BCUT2D eigenvalue weighted by Crippen LogP contribution is 2.39. The Morgan fingerprint density at radius 3 is 2.64 bits per heavy atom. The molecule has 3 aliphatic rings. The number of rotatable bonds is 2. The van der Waals surface area contributed by atoms with Gasteiger partial charge in [-0.3, -0.25) is 9.69 Å². The minimum atomic E-state index is 0. The van der Waals surface area contributed by atoms with E-state index in [2.05, 4.69) is 24.1 Å². The summed E-state index contributed by atoms with van der Waals surface area (Å²) in [6.45, 7) is 8.85. The smallest absolute Gasteiger partial charge is 0.261 e. The van der Waals surface area contributed by atoms with Crippen molar-refractivity contribution in [3.8, 4) is 0 Å². The van der Waals surface area contributed by atoms with Crippen LogP contribution in [-0.4, -0.2) is 35.5 Å². The van der Waals surface area contributed by atoms with Gasteiger partial charge in [-0.15, -0.1) is 23.7 Å². The van der Waals surface area contributed by atoms with Crippen molar-refractivity contribution in [3.05, 3.63) is 33.7 Å². The fourth-order valence-electron chi connectivity index (χ4n) is 4.42. The largest absolute Gasteiger partial charge is 0.346 e. The van der Waals surface area contributed by atoms with Crippen molar-refractivity contribution in [1.29, 1.82) is 0 Å². The van der Waals surface area contributed by atoms with E-state index in [-0.39, 0.29) is 29.9 Å². The first-order valence-corrected chi connectivity index (χ1v) is 9.82. The number of hydrogen-bond donors (Lipinski definition) is 1. The van der Waals surface area contributed by atoms with Gasteiger partial charge in [0.25, 0.3) is 5.91 Å². The van der Waals surface area contributed by atoms with Crippen molar-refractivity contribution in [3.63, 3.8) is 0 Å². The molecular weight excluding hydrogens is 375 g/mol. The Morgan fingerprint density at radius 2 is 2.00 bits per heavy atom. The van der Waals surface area contributed by atoms with Crippen LogP contribution in [0.3, 0.4) is 0 Å². The number of amides is 1. The van der Waals surface area contributed by atoms with Crippen LogP contribution in [0.4, 0.5) is 0 Å². The van der Waals surface area contributed by atoms with Crippen LogP contribution in [0.5, 0.6) is 0 Å². The van der Waals surface area contributed by atoms with Crippen LogP contribution in [-0.2, 0) is 0 Å². The summed E-state index contributed by atoms with van der Waals surface area (Å²) in [5.41, 5.74) is 1.09. The zero-order chi connectivity index (χ0) is 17.1. The molecule has 3 nitrogen and oxygen atoms in total. The van der Waals surface area contributed by atoms with Crippen LogP contribution in [0.2, 0.25) is 5.02 Å². The van der Waals surface area contributed by atoms with Crippen LogP contribution >= 0.6 is 35.3 Å². The molecule has 25 heavy (non-hydrogen) atoms. The molecule has 4 heterocycles. The standard InChI is InChI=1S/C19H23ClN2OS.ClH/c1-11-14(20)5-4-13-10-15(24-16(11)13)18(23)21-17-12-6-8-22(9-7-12)19(17,2)3;/h4-5,10,12,17H,6-9H2,1-3H3,(H,21,23);1H/t17-;/m1./s1. The second-order valence-electron chi connectivity index (χ2n) is 7.63. The predicted octanol–water partition coefficient (Wildman–Crippen LogP) is 4.89. The molecular formula is C19H24Cl2N2OS. The number of thiophene rings is 1. The quantitative estimate of drug-likeness (QED) is 0.780. The fourth-order valence-corrected chi connectivity index (χ4v) is 5.70. The van der Waals surface area contributed by atoms with Crippen LogP contribution in [0, 0.1) is 12.8 Å². The lowest BCUT2D eigenvalue weighted by atomic mass is 9.72. The number of aryl methyl sites for hydroxylation is 1. The molecule has 136 valence electrons. The highest BCUT2D eigenvalue weighted by Gasteiger charge is 2.48. The van der Waals surface area contributed by atoms with Gasteiger partial charge < -0.3 is 5.32 Å². The Morgan fingerprint density at radius 1 is 1.32 bits per heavy atom. The van der Waals surface area contributed by atoms with E-state index in [1.807, 2.05) is 25.1 Å². The molecule has 3 fully saturated rings. The van der Waals surface area contributed by atoms with E-state index in [4.69, 9.17) is 11.6 Å². The number of benzene rings is 1. The molecule has 0 unspecified atom stereocenters. The van der Waals surface area contributed by atoms with E-state index in [1.54, 1.807) is 11.3 Å². The minimum absolute atomic E-state index is 0. The summed E-state index contributed by atoms with van der Waals surface area (Å²) in [6.07, 6.45) is 2.38. The summed E-state index contributed by atoms with van der Waals surface area (Å²) in [5, 5.41) is 5.21. The maximum atomic E-state index is 12.9. The third kappa shape index (κ3) is 3.08. The fraction of sp³-hybridized carbons (Fsp3) is 0.526. The molecule has 2 aromatic rings. The summed E-state index contributed by atoms with van der Waals surface area (Å²) in [6, 6.07) is 6.12. The Labute approximate surface area is 164 Å². The molecule has 1 aromatic heterocycles. The second kappa shape index (κ2) is 6.73. The first-order chi connectivity index (χ1) is 11.4. The molecule has 0 spiro atoms. The molecule has 1 atom stereocenters. The number of halogens is 2. The predicted molar refractivity (Wildman–Crippen MR) is 108 cm³/mol. The summed E-state index contributed by atoms with van der Waals surface area (Å²) in [5.74, 6) is 0.651. The van der Waals surface area contributed by atoms with Gasteiger partial charge in [-0.05, 0) is 75.7 Å². The van der Waals surface area contributed by atoms with Crippen molar-refractivity contribution >= 4 is 51.3 Å². The van der Waals surface area contributed by atoms with E-state index in [0.717, 1.165) is 38.6 Å². The molecule has 0 aliphatic carbocycles. The van der Waals surface area contributed by atoms with Crippen molar-refractivity contribution in [2.24, 2.45) is 5.92 Å². The summed E-state index contributed by atoms with van der Waals surface area (Å²) in [4.78, 5) is 16.2. The lowest BCUT2D eigenvalue weighted by Crippen LogP contribution is -2.69. The number of nitrogens with one attached hydrogen (secondary N) is 1. The van der Waals surface area contributed by atoms with Gasteiger partial charge in [0.15, 0.2) is 0 Å². The van der Waals surface area contributed by atoms with Gasteiger partial charge in [-0.1, -0.05) is 17.7 Å². The number of piperidine rings is 3. The lowest BCUT2D eigenvalue weighted by molar-refractivity contribution is -0.0377. The van der Waals surface area contributed by atoms with Gasteiger partial charge in [-0.25, -0.2) is 0 Å². The normalized spacial score (nSPS) is 27.1. The summed E-state index contributed by atoms with van der Waals surface area (Å²) in [7, 11) is 0. The number of fused-ring (bicyclic) bond motifs is 4. The van der Waals surface area contributed by atoms with E-state index in [0.29, 0.717) is 5.92 Å². The number of carbonyl (C=O) groups excluding carboxylic acids is 1. The molecule has 5 rings (SSSR count). The lowest BCUT2D eigenvalue weighted by Gasteiger charge is -2.56. The zero-order valence-corrected chi connectivity index (χ0v) is 17.2. The highest BCUT2D eigenvalue weighted by atomic mass is 35.5. The minimum Gasteiger partial charge on any atom is -0.346 e. The Bertz CT molecular complexity index is 809. The SMILES string of the molecule is Cc1c(Cl)ccc2cc(C(=O)N[C@@H]3C4CCN(CC4)C3(C)C)sc12.Cl. The topological polar surface area (TPSA) is 32.3 Å². The molecule has 1 aromatic carbocycles. The molecule has 0 saturated carbocycles. The second-order valence-corrected chi connectivity index (χ2v) is 9.09. The van der Waals surface area contributed by atoms with Crippen molar-refractivity contribution in [1.82, 2.24) is 10.2 Å². The summed E-state index contributed by atoms with van der Waals surface area (Å²) >= 11 is 7.76. The average molecular weight is 399 g/mol. The molecule has 3 aliphatic heterocycles. The molecule has 0 radical (unpaired) electrons. The van der Waals surface area contributed by atoms with E-state index in [1.165, 1.54) is 12.8 Å². The van der Waals surface area contributed by atoms with Gasteiger partial charge in [0.1, 0.15) is 0 Å². The van der Waals surface area contributed by atoms with Crippen LogP contribution in [0.1, 0.15) is 41.9 Å². The van der Waals surface area contributed by atoms with E-state index in [9.17, 15) is 4.79 Å². The zero-order valence-electron chi connectivity index (χ0n) is 14.8.